The second kappa shape index (κ2) is 34.3. The summed E-state index contributed by atoms with van der Waals surface area (Å²) < 4.78 is 104. The summed E-state index contributed by atoms with van der Waals surface area (Å²) in [6, 6.07) is 11.9. The lowest BCUT2D eigenvalue weighted by atomic mass is 9.93. The lowest BCUT2D eigenvalue weighted by Gasteiger charge is -2.21. The predicted molar refractivity (Wildman–Crippen MR) is 248 cm³/mol. The summed E-state index contributed by atoms with van der Waals surface area (Å²) in [6.45, 7) is 9.17. The molecule has 4 rings (SSSR count). The van der Waals surface area contributed by atoms with Gasteiger partial charge in [-0.25, -0.2) is 0 Å². The summed E-state index contributed by atoms with van der Waals surface area (Å²) in [4.78, 5) is 0. The summed E-state index contributed by atoms with van der Waals surface area (Å²) in [5, 5.41) is 5.17. The lowest BCUT2D eigenvalue weighted by molar-refractivity contribution is 0.0499. The van der Waals surface area contributed by atoms with Crippen LogP contribution >= 0.6 is 0 Å². The minimum atomic E-state index is 0.267. The Morgan fingerprint density at radius 3 is 0.470 bits per heavy atom. The highest BCUT2D eigenvalue weighted by Gasteiger charge is 2.21. The number of hydrogen-bond acceptors (Lipinski definition) is 18. The molecule has 4 aromatic rings. The average Bonchev–Trinajstić information content (AvgIpc) is 3.33. The third-order valence-electron chi connectivity index (χ3n) is 9.62. The predicted octanol–water partition coefficient (Wildman–Crippen LogP) is 5.40. The minimum absolute atomic E-state index is 0.267. The van der Waals surface area contributed by atoms with Crippen LogP contribution in [0.4, 0.5) is 0 Å². The number of methoxy groups -OCH3 is 6. The molecule has 0 aliphatic heterocycles. The molecule has 66 heavy (non-hydrogen) atoms. The maximum Gasteiger partial charge on any atom is 0.161 e. The Hall–Kier alpha value is -4.02. The van der Waals surface area contributed by atoms with Crippen molar-refractivity contribution in [3.63, 3.8) is 0 Å². The van der Waals surface area contributed by atoms with Crippen LogP contribution in [0.15, 0.2) is 36.4 Å². The normalized spacial score (nSPS) is 11.5. The maximum atomic E-state index is 6.41. The molecule has 0 saturated carbocycles. The Morgan fingerprint density at radius 2 is 0.333 bits per heavy atom. The zero-order chi connectivity index (χ0) is 46.9. The van der Waals surface area contributed by atoms with E-state index in [1.807, 2.05) is 36.4 Å². The molecule has 372 valence electrons. The van der Waals surface area contributed by atoms with Gasteiger partial charge in [0.1, 0.15) is 39.6 Å². The van der Waals surface area contributed by atoms with Crippen LogP contribution in [0.5, 0.6) is 34.5 Å². The van der Waals surface area contributed by atoms with E-state index < -0.39 is 0 Å². The second-order valence-corrected chi connectivity index (χ2v) is 14.3. The number of benzene rings is 4. The number of ether oxygens (including phenoxy) is 18. The first kappa shape index (κ1) is 54.6. The summed E-state index contributed by atoms with van der Waals surface area (Å²) in [5.41, 5.74) is 0. The van der Waals surface area contributed by atoms with Crippen LogP contribution in [0, 0.1) is 0 Å². The molecule has 0 heterocycles. The van der Waals surface area contributed by atoms with Gasteiger partial charge in [-0.05, 0) is 68.7 Å². The first-order valence-electron chi connectivity index (χ1n) is 22.3. The molecular formula is C48H72O18. The summed E-state index contributed by atoms with van der Waals surface area (Å²) >= 11 is 0. The molecule has 0 bridgehead atoms. The van der Waals surface area contributed by atoms with E-state index in [0.717, 1.165) is 32.3 Å². The molecule has 0 fully saturated rings. The van der Waals surface area contributed by atoms with Crippen molar-refractivity contribution in [3.8, 4) is 34.5 Å². The van der Waals surface area contributed by atoms with Crippen LogP contribution < -0.4 is 28.4 Å². The molecule has 18 nitrogen and oxygen atoms in total. The Morgan fingerprint density at radius 1 is 0.197 bits per heavy atom. The second-order valence-electron chi connectivity index (χ2n) is 14.3. The highest BCUT2D eigenvalue weighted by atomic mass is 16.6. The van der Waals surface area contributed by atoms with Crippen LogP contribution in [-0.4, -0.2) is 201 Å². The van der Waals surface area contributed by atoms with E-state index in [1.165, 1.54) is 0 Å². The SMILES string of the molecule is COCCOCCOc1cc2c3cc(OCCOCCOC)c(OCCOCCOC)cc3c3cc(OCCOCCOC)c(OCCOCCOC)cc3c2cc1OCCOCCOC. The topological polar surface area (TPSA) is 166 Å². The van der Waals surface area contributed by atoms with E-state index >= 15 is 0 Å². The summed E-state index contributed by atoms with van der Waals surface area (Å²) in [6.07, 6.45) is 0. The van der Waals surface area contributed by atoms with Gasteiger partial charge >= 0.3 is 0 Å². The largest absolute Gasteiger partial charge is 0.487 e. The third-order valence-corrected chi connectivity index (χ3v) is 9.62. The molecule has 0 aliphatic carbocycles. The Balaban J connectivity index is 1.91. The van der Waals surface area contributed by atoms with Gasteiger partial charge in [0.15, 0.2) is 34.5 Å². The van der Waals surface area contributed by atoms with Crippen molar-refractivity contribution in [2.24, 2.45) is 0 Å². The highest BCUT2D eigenvalue weighted by Crippen LogP contribution is 2.47. The first-order valence-corrected chi connectivity index (χ1v) is 22.3. The Kier molecular flexibility index (Phi) is 28.4. The molecule has 0 spiro atoms. The fourth-order valence-corrected chi connectivity index (χ4v) is 6.42. The van der Waals surface area contributed by atoms with Crippen LogP contribution in [0.2, 0.25) is 0 Å². The minimum Gasteiger partial charge on any atom is -0.487 e. The quantitative estimate of drug-likeness (QED) is 0.0409. The van der Waals surface area contributed by atoms with Gasteiger partial charge in [0.25, 0.3) is 0 Å². The fraction of sp³-hybridized carbons (Fsp3) is 0.625. The van der Waals surface area contributed by atoms with Crippen LogP contribution in [0.3, 0.4) is 0 Å². The van der Waals surface area contributed by atoms with Crippen molar-refractivity contribution in [1.82, 2.24) is 0 Å². The molecule has 0 atom stereocenters. The molecule has 0 radical (unpaired) electrons. The smallest absolute Gasteiger partial charge is 0.161 e. The Bertz CT molecular complexity index is 1520. The molecule has 4 aromatic carbocycles. The van der Waals surface area contributed by atoms with E-state index in [2.05, 4.69) is 0 Å². The lowest BCUT2D eigenvalue weighted by Crippen LogP contribution is -2.13. The Labute approximate surface area is 388 Å². The number of rotatable bonds is 42. The maximum absolute atomic E-state index is 6.41. The molecule has 0 unspecified atom stereocenters. The van der Waals surface area contributed by atoms with Gasteiger partial charge in [0, 0.05) is 42.7 Å². The average molecular weight is 937 g/mol. The summed E-state index contributed by atoms with van der Waals surface area (Å²) in [7, 11) is 9.81. The third kappa shape index (κ3) is 19.3. The molecule has 0 N–H and O–H groups in total. The zero-order valence-electron chi connectivity index (χ0n) is 39.8. The molecule has 18 heteroatoms. The van der Waals surface area contributed by atoms with Crippen LogP contribution in [0.25, 0.3) is 32.3 Å². The fourth-order valence-electron chi connectivity index (χ4n) is 6.42. The molecule has 0 aromatic heterocycles. The van der Waals surface area contributed by atoms with Gasteiger partial charge in [-0.3, -0.25) is 0 Å². The monoisotopic (exact) mass is 936 g/mol. The van der Waals surface area contributed by atoms with Crippen LogP contribution in [0.1, 0.15) is 0 Å². The molecular weight excluding hydrogens is 865 g/mol. The molecule has 0 saturated heterocycles. The van der Waals surface area contributed by atoms with Gasteiger partial charge in [0.05, 0.1) is 119 Å². The summed E-state index contributed by atoms with van der Waals surface area (Å²) in [5.74, 6) is 3.14. The highest BCUT2D eigenvalue weighted by molar-refractivity contribution is 6.26. The van der Waals surface area contributed by atoms with Crippen molar-refractivity contribution < 1.29 is 85.3 Å². The standard InChI is InChI=1S/C48H72O18/c1-49-7-13-55-19-25-61-43-31-37-38(32-44(43)62-26-20-56-14-8-50-2)40-34-46(64-28-22-58-16-10-52-4)48(66-30-24-60-18-12-54-6)36-42(40)41-35-47(65-29-23-59-17-11-53-5)45(33-39(37)41)63-27-21-57-15-9-51-3/h31-36H,7-30H2,1-6H3. The van der Waals surface area contributed by atoms with Crippen molar-refractivity contribution in [2.45, 2.75) is 0 Å². The van der Waals surface area contributed by atoms with Gasteiger partial charge in [0.2, 0.25) is 0 Å². The van der Waals surface area contributed by atoms with Gasteiger partial charge < -0.3 is 85.3 Å². The number of fused-ring (bicyclic) bond motifs is 6. The number of hydrogen-bond donors (Lipinski definition) is 0. The van der Waals surface area contributed by atoms with Crippen molar-refractivity contribution in [1.29, 1.82) is 0 Å². The van der Waals surface area contributed by atoms with Crippen LogP contribution in [-0.2, 0) is 56.8 Å². The van der Waals surface area contributed by atoms with Gasteiger partial charge in [-0.15, -0.1) is 0 Å². The zero-order valence-corrected chi connectivity index (χ0v) is 39.8. The van der Waals surface area contributed by atoms with E-state index in [4.69, 9.17) is 85.3 Å². The van der Waals surface area contributed by atoms with Gasteiger partial charge in [-0.1, -0.05) is 0 Å². The van der Waals surface area contributed by atoms with E-state index in [1.54, 1.807) is 42.7 Å². The molecule has 0 amide bonds. The van der Waals surface area contributed by atoms with E-state index in [9.17, 15) is 0 Å². The van der Waals surface area contributed by atoms with Gasteiger partial charge in [-0.2, -0.15) is 0 Å². The van der Waals surface area contributed by atoms with E-state index in [-0.39, 0.29) is 39.6 Å². The van der Waals surface area contributed by atoms with Crippen molar-refractivity contribution in [3.05, 3.63) is 36.4 Å². The molecule has 0 aliphatic rings. The van der Waals surface area contributed by atoms with E-state index in [0.29, 0.717) is 153 Å². The first-order chi connectivity index (χ1) is 32.6. The van der Waals surface area contributed by atoms with Crippen molar-refractivity contribution >= 4 is 32.3 Å². The van der Waals surface area contributed by atoms with Crippen molar-refractivity contribution in [2.75, 3.05) is 201 Å².